The summed E-state index contributed by atoms with van der Waals surface area (Å²) in [5.41, 5.74) is 0. The predicted octanol–water partition coefficient (Wildman–Crippen LogP) is -2.28. The topological polar surface area (TPSA) is 137 Å². The fraction of sp³-hybridized carbons (Fsp3) is 0.600. The predicted molar refractivity (Wildman–Crippen MR) is 46.1 cm³/mol. The first kappa shape index (κ1) is 17.3. The number of hydrogen-bond acceptors (Lipinski definition) is 4. The van der Waals surface area contributed by atoms with Crippen molar-refractivity contribution in [1.82, 2.24) is 11.5 Å². The molecule has 12 heavy (non-hydrogen) atoms. The van der Waals surface area contributed by atoms with Crippen molar-refractivity contribution in [1.29, 1.82) is 0 Å². The van der Waals surface area contributed by atoms with Crippen LogP contribution in [-0.2, 0) is 9.59 Å². The molecule has 0 heterocycles. The molecule has 0 unspecified atom stereocenters. The summed E-state index contributed by atoms with van der Waals surface area (Å²) in [5, 5.41) is 12.2. The molecule has 74 valence electrons. The van der Waals surface area contributed by atoms with Crippen molar-refractivity contribution < 1.29 is 20.2 Å². The molecule has 0 aromatic carbocycles. The van der Waals surface area contributed by atoms with Gasteiger partial charge in [0.25, 0.3) is 0 Å². The minimum absolute atomic E-state index is 0. The monoisotopic (exact) mass is 198 g/mol. The maximum absolute atomic E-state index is 10.3. The first-order valence-corrected chi connectivity index (χ1v) is 3.30. The van der Waals surface area contributed by atoms with Crippen molar-refractivity contribution in [2.24, 2.45) is 0 Å². The second-order valence-electron chi connectivity index (χ2n) is 1.75. The highest BCUT2D eigenvalue weighted by atomic mass is 32.1. The molecule has 0 aliphatic carbocycles. The third kappa shape index (κ3) is 7.32. The third-order valence-electron chi connectivity index (χ3n) is 0.845. The minimum Gasteiger partial charge on any atom is -0.548 e. The summed E-state index contributed by atoms with van der Waals surface area (Å²) in [6, 6.07) is -0.985. The van der Waals surface area contributed by atoms with Crippen LogP contribution in [0.25, 0.3) is 0 Å². The van der Waals surface area contributed by atoms with Gasteiger partial charge in [0.2, 0.25) is 5.91 Å². The van der Waals surface area contributed by atoms with Crippen molar-refractivity contribution in [2.75, 3.05) is 5.75 Å². The number of thiol groups is 1. The normalized spacial score (nSPS) is 10.2. The van der Waals surface area contributed by atoms with Gasteiger partial charge in [0.05, 0.1) is 12.0 Å². The summed E-state index contributed by atoms with van der Waals surface area (Å²) in [7, 11) is 0. The Kier molecular flexibility index (Phi) is 12.0. The molecule has 0 aliphatic heterocycles. The van der Waals surface area contributed by atoms with E-state index in [1.807, 2.05) is 0 Å². The maximum Gasteiger partial charge on any atom is 0.217 e. The molecule has 0 saturated carbocycles. The number of carbonyl (C=O) groups is 2. The summed E-state index contributed by atoms with van der Waals surface area (Å²) < 4.78 is 0. The first-order valence-electron chi connectivity index (χ1n) is 2.66. The molecule has 0 radical (unpaired) electrons. The maximum atomic E-state index is 10.3. The smallest absolute Gasteiger partial charge is 0.217 e. The van der Waals surface area contributed by atoms with Crippen molar-refractivity contribution in [3.05, 3.63) is 0 Å². The van der Waals surface area contributed by atoms with E-state index in [1.54, 1.807) is 0 Å². The summed E-state index contributed by atoms with van der Waals surface area (Å²) in [4.78, 5) is 20.4. The van der Waals surface area contributed by atoms with Crippen molar-refractivity contribution in [2.45, 2.75) is 13.0 Å². The fourth-order valence-electron chi connectivity index (χ4n) is 0.424. The fourth-order valence-corrected chi connectivity index (χ4v) is 0.665. The quantitative estimate of drug-likeness (QED) is 0.440. The highest BCUT2D eigenvalue weighted by Gasteiger charge is 2.06. The molecule has 0 aromatic rings. The first-order chi connectivity index (χ1) is 4.57. The lowest BCUT2D eigenvalue weighted by atomic mass is 10.3. The van der Waals surface area contributed by atoms with E-state index in [0.717, 1.165) is 0 Å². The molecular formula is C5H14N2O4S. The van der Waals surface area contributed by atoms with Crippen molar-refractivity contribution >= 4 is 24.5 Å². The van der Waals surface area contributed by atoms with Crippen LogP contribution in [0.1, 0.15) is 6.92 Å². The molecule has 0 fully saturated rings. The lowest BCUT2D eigenvalue weighted by Gasteiger charge is -2.15. The molecule has 6 nitrogen and oxygen atoms in total. The molecule has 0 bridgehead atoms. The number of hydrogen-bond donors (Lipinski definition) is 3. The Bertz CT molecular complexity index is 152. The van der Waals surface area contributed by atoms with Gasteiger partial charge in [-0.3, -0.25) is 4.79 Å². The van der Waals surface area contributed by atoms with Crippen LogP contribution >= 0.6 is 12.6 Å². The number of rotatable bonds is 3. The largest absolute Gasteiger partial charge is 0.548 e. The van der Waals surface area contributed by atoms with E-state index in [2.05, 4.69) is 17.9 Å². The molecule has 1 atom stereocenters. The van der Waals surface area contributed by atoms with E-state index >= 15 is 0 Å². The van der Waals surface area contributed by atoms with Crippen LogP contribution in [-0.4, -0.2) is 29.1 Å². The summed E-state index contributed by atoms with van der Waals surface area (Å²) in [6.07, 6.45) is 0. The Morgan fingerprint density at radius 3 is 2.08 bits per heavy atom. The van der Waals surface area contributed by atoms with Gasteiger partial charge in [-0.1, -0.05) is 0 Å². The van der Waals surface area contributed by atoms with Crippen LogP contribution in [0.3, 0.4) is 0 Å². The number of carbonyl (C=O) groups excluding carboxylic acids is 2. The molecule has 0 spiro atoms. The van der Waals surface area contributed by atoms with Crippen LogP contribution in [0.5, 0.6) is 0 Å². The number of quaternary nitrogens is 1. The minimum atomic E-state index is -1.31. The van der Waals surface area contributed by atoms with Gasteiger partial charge in [-0.2, -0.15) is 12.6 Å². The van der Waals surface area contributed by atoms with Gasteiger partial charge in [0.1, 0.15) is 0 Å². The SMILES string of the molecule is CC(=O)N[C@@H](CS)C(=O)[O-].O.[NH4+]. The zero-order valence-electron chi connectivity index (χ0n) is 6.96. The molecule has 0 aromatic heterocycles. The molecule has 0 rings (SSSR count). The zero-order chi connectivity index (χ0) is 8.15. The lowest BCUT2D eigenvalue weighted by molar-refractivity contribution is -0.307. The van der Waals surface area contributed by atoms with E-state index in [-0.39, 0.29) is 17.4 Å². The van der Waals surface area contributed by atoms with E-state index in [4.69, 9.17) is 0 Å². The van der Waals surface area contributed by atoms with Gasteiger partial charge < -0.3 is 26.8 Å². The second kappa shape index (κ2) is 8.31. The van der Waals surface area contributed by atoms with Gasteiger partial charge in [0.15, 0.2) is 0 Å². The standard InChI is InChI=1S/C5H9NO3S.H3N.H2O/c1-3(7)6-4(2-10)5(8)9;;/h4,10H,2H2,1H3,(H,6,7)(H,8,9);1H3;1H2/t4-;;/m0../s1. The van der Waals surface area contributed by atoms with Gasteiger partial charge in [-0.05, 0) is 0 Å². The Balaban J connectivity index is -0.000000405. The Morgan fingerprint density at radius 1 is 1.58 bits per heavy atom. The van der Waals surface area contributed by atoms with E-state index in [1.165, 1.54) is 6.92 Å². The molecule has 7 N–H and O–H groups in total. The molecular weight excluding hydrogens is 184 g/mol. The lowest BCUT2D eigenvalue weighted by Crippen LogP contribution is -2.48. The van der Waals surface area contributed by atoms with Crippen LogP contribution in [0, 0.1) is 0 Å². The van der Waals surface area contributed by atoms with E-state index in [9.17, 15) is 14.7 Å². The van der Waals surface area contributed by atoms with Crippen molar-refractivity contribution in [3.8, 4) is 0 Å². The van der Waals surface area contributed by atoms with Gasteiger partial charge >= 0.3 is 0 Å². The highest BCUT2D eigenvalue weighted by Crippen LogP contribution is 1.84. The number of nitrogens with one attached hydrogen (secondary N) is 1. The summed E-state index contributed by atoms with van der Waals surface area (Å²) >= 11 is 3.69. The highest BCUT2D eigenvalue weighted by molar-refractivity contribution is 7.80. The molecule has 1 amide bonds. The number of amides is 1. The van der Waals surface area contributed by atoms with Crippen LogP contribution < -0.4 is 16.6 Å². The molecule has 7 heteroatoms. The third-order valence-corrected chi connectivity index (χ3v) is 1.21. The van der Waals surface area contributed by atoms with E-state index in [0.29, 0.717) is 0 Å². The number of carboxylic acids is 1. The average molecular weight is 198 g/mol. The van der Waals surface area contributed by atoms with Crippen LogP contribution in [0.2, 0.25) is 0 Å². The Labute approximate surface area is 75.6 Å². The van der Waals surface area contributed by atoms with Crippen LogP contribution in [0.4, 0.5) is 0 Å². The summed E-state index contributed by atoms with van der Waals surface area (Å²) in [6.45, 7) is 1.24. The van der Waals surface area contributed by atoms with E-state index < -0.39 is 17.9 Å². The summed E-state index contributed by atoms with van der Waals surface area (Å²) in [5.74, 6) is -1.67. The van der Waals surface area contributed by atoms with Gasteiger partial charge in [-0.15, -0.1) is 0 Å². The molecule has 0 aliphatic rings. The van der Waals surface area contributed by atoms with Gasteiger partial charge in [-0.25, -0.2) is 0 Å². The zero-order valence-corrected chi connectivity index (χ0v) is 7.85. The van der Waals surface area contributed by atoms with Crippen molar-refractivity contribution in [3.63, 3.8) is 0 Å². The molecule has 0 saturated heterocycles. The van der Waals surface area contributed by atoms with Crippen LogP contribution in [0.15, 0.2) is 0 Å². The number of aliphatic carboxylic acids is 1. The Morgan fingerprint density at radius 2 is 2.00 bits per heavy atom. The average Bonchev–Trinajstić information content (AvgIpc) is 1.81. The second-order valence-corrected chi connectivity index (χ2v) is 2.12. The van der Waals surface area contributed by atoms with Gasteiger partial charge in [0, 0.05) is 12.7 Å². The number of carboxylic acid groups (broad SMARTS) is 1. The Hall–Kier alpha value is -0.790.